The van der Waals surface area contributed by atoms with Crippen LogP contribution in [-0.4, -0.2) is 14.5 Å². The molecular weight excluding hydrogens is 470 g/mol. The van der Waals surface area contributed by atoms with Crippen molar-refractivity contribution in [1.29, 1.82) is 0 Å². The van der Waals surface area contributed by atoms with Gasteiger partial charge in [-0.2, -0.15) is 0 Å². The highest BCUT2D eigenvalue weighted by molar-refractivity contribution is 7.25. The Hall–Kier alpha value is -4.54. The first-order valence-corrected chi connectivity index (χ1v) is 13.2. The second kappa shape index (κ2) is 7.73. The van der Waals surface area contributed by atoms with Crippen LogP contribution in [-0.2, 0) is 0 Å². The van der Waals surface area contributed by atoms with Crippen LogP contribution in [0.4, 0.5) is 0 Å². The van der Waals surface area contributed by atoms with Gasteiger partial charge < -0.3 is 0 Å². The van der Waals surface area contributed by atoms with Gasteiger partial charge in [-0.25, -0.2) is 9.97 Å². The van der Waals surface area contributed by atoms with E-state index in [1.165, 1.54) is 36.5 Å². The lowest BCUT2D eigenvalue weighted by molar-refractivity contribution is 1.01. The fraction of sp³-hybridized carbons (Fsp3) is 0.0303. The normalized spacial score (nSPS) is 11.9. The molecule has 5 aromatic carbocycles. The van der Waals surface area contributed by atoms with Crippen LogP contribution < -0.4 is 0 Å². The predicted molar refractivity (Wildman–Crippen MR) is 157 cm³/mol. The number of aromatic nitrogens is 3. The molecule has 4 heteroatoms. The number of fused-ring (bicyclic) bond motifs is 7. The largest absolute Gasteiger partial charge is 0.278 e. The highest BCUT2D eigenvalue weighted by Gasteiger charge is 2.18. The second-order valence-corrected chi connectivity index (χ2v) is 10.7. The molecule has 3 heterocycles. The Morgan fingerprint density at radius 1 is 0.568 bits per heavy atom. The molecule has 0 aliphatic rings. The summed E-state index contributed by atoms with van der Waals surface area (Å²) in [6.07, 6.45) is 0. The van der Waals surface area contributed by atoms with Crippen molar-refractivity contribution in [2.45, 2.75) is 6.92 Å². The monoisotopic (exact) mass is 491 g/mol. The fourth-order valence-corrected chi connectivity index (χ4v) is 6.63. The maximum Gasteiger partial charge on any atom is 0.235 e. The zero-order chi connectivity index (χ0) is 24.5. The Balaban J connectivity index is 1.51. The minimum absolute atomic E-state index is 0.694. The molecule has 0 atom stereocenters. The first-order valence-electron chi connectivity index (χ1n) is 12.4. The number of para-hydroxylation sites is 2. The van der Waals surface area contributed by atoms with E-state index in [-0.39, 0.29) is 0 Å². The van der Waals surface area contributed by atoms with Crippen molar-refractivity contribution in [3.8, 4) is 17.2 Å². The van der Waals surface area contributed by atoms with E-state index < -0.39 is 0 Å². The Bertz CT molecular complexity index is 2150. The molecule has 3 nitrogen and oxygen atoms in total. The number of nitrogens with zero attached hydrogens (tertiary/aromatic N) is 3. The minimum Gasteiger partial charge on any atom is -0.278 e. The third-order valence-corrected chi connectivity index (χ3v) is 8.42. The van der Waals surface area contributed by atoms with Gasteiger partial charge in [0, 0.05) is 41.9 Å². The van der Waals surface area contributed by atoms with Gasteiger partial charge in [-0.05, 0) is 37.3 Å². The van der Waals surface area contributed by atoms with E-state index in [9.17, 15) is 0 Å². The van der Waals surface area contributed by atoms with E-state index >= 15 is 0 Å². The number of benzene rings is 5. The maximum absolute atomic E-state index is 5.23. The Labute approximate surface area is 217 Å². The number of hydrogen-bond donors (Lipinski definition) is 0. The Morgan fingerprint density at radius 3 is 2.16 bits per heavy atom. The van der Waals surface area contributed by atoms with Gasteiger partial charge in [0.1, 0.15) is 0 Å². The van der Waals surface area contributed by atoms with Crippen LogP contribution in [0.25, 0.3) is 70.1 Å². The summed E-state index contributed by atoms with van der Waals surface area (Å²) in [5.74, 6) is 0.694. The zero-order valence-electron chi connectivity index (χ0n) is 20.1. The average Bonchev–Trinajstić information content (AvgIpc) is 3.46. The molecule has 3 aromatic heterocycles. The molecule has 0 radical (unpaired) electrons. The van der Waals surface area contributed by atoms with E-state index in [1.54, 1.807) is 0 Å². The molecule has 0 saturated carbocycles. The first kappa shape index (κ1) is 20.6. The molecule has 8 rings (SSSR count). The molecule has 0 bridgehead atoms. The van der Waals surface area contributed by atoms with Crippen LogP contribution in [0.3, 0.4) is 0 Å². The lowest BCUT2D eigenvalue weighted by Gasteiger charge is -2.12. The van der Waals surface area contributed by atoms with Crippen LogP contribution in [0, 0.1) is 6.92 Å². The standard InChI is InChI=1S/C33H21N3S/c1-20-14-16-21(17-15-20)32-24-10-2-5-11-27(24)34-33(35-32)36-28-12-6-3-8-22(28)25-19-31-26(18-29(25)36)23-9-4-7-13-30(23)37-31/h2-19H,1H3. The van der Waals surface area contributed by atoms with Crippen molar-refractivity contribution in [3.63, 3.8) is 0 Å². The van der Waals surface area contributed by atoms with Crippen LogP contribution >= 0.6 is 11.3 Å². The summed E-state index contributed by atoms with van der Waals surface area (Å²) < 4.78 is 4.85. The molecule has 0 aliphatic carbocycles. The predicted octanol–water partition coefficient (Wildman–Crippen LogP) is 9.07. The van der Waals surface area contributed by atoms with Gasteiger partial charge in [0.2, 0.25) is 5.95 Å². The smallest absolute Gasteiger partial charge is 0.235 e. The average molecular weight is 492 g/mol. The molecule has 0 spiro atoms. The Morgan fingerprint density at radius 2 is 1.30 bits per heavy atom. The lowest BCUT2D eigenvalue weighted by atomic mass is 10.1. The van der Waals surface area contributed by atoms with E-state index in [1.807, 2.05) is 17.4 Å². The summed E-state index contributed by atoms with van der Waals surface area (Å²) in [7, 11) is 0. The van der Waals surface area contributed by atoms with Gasteiger partial charge in [0.15, 0.2) is 0 Å². The molecule has 0 unspecified atom stereocenters. The summed E-state index contributed by atoms with van der Waals surface area (Å²) >= 11 is 1.85. The summed E-state index contributed by atoms with van der Waals surface area (Å²) in [5.41, 5.74) is 6.46. The summed E-state index contributed by atoms with van der Waals surface area (Å²) in [6.45, 7) is 2.11. The lowest BCUT2D eigenvalue weighted by Crippen LogP contribution is -2.03. The fourth-order valence-electron chi connectivity index (χ4n) is 5.50. The molecule has 0 aliphatic heterocycles. The molecular formula is C33H21N3S. The first-order chi connectivity index (χ1) is 18.2. The van der Waals surface area contributed by atoms with Crippen molar-refractivity contribution in [2.75, 3.05) is 0 Å². The zero-order valence-corrected chi connectivity index (χ0v) is 21.0. The van der Waals surface area contributed by atoms with Crippen molar-refractivity contribution < 1.29 is 0 Å². The summed E-state index contributed by atoms with van der Waals surface area (Å²) in [6, 6.07) is 38.8. The molecule has 37 heavy (non-hydrogen) atoms. The highest BCUT2D eigenvalue weighted by atomic mass is 32.1. The van der Waals surface area contributed by atoms with Gasteiger partial charge in [-0.1, -0.05) is 84.4 Å². The quantitative estimate of drug-likeness (QED) is 0.241. The molecule has 0 N–H and O–H groups in total. The summed E-state index contributed by atoms with van der Waals surface area (Å²) in [4.78, 5) is 10.3. The maximum atomic E-state index is 5.23. The van der Waals surface area contributed by atoms with E-state index in [4.69, 9.17) is 9.97 Å². The van der Waals surface area contributed by atoms with Gasteiger partial charge >= 0.3 is 0 Å². The number of thiophene rings is 1. The minimum atomic E-state index is 0.694. The van der Waals surface area contributed by atoms with E-state index in [0.29, 0.717) is 5.95 Å². The molecule has 0 saturated heterocycles. The molecule has 0 fully saturated rings. The van der Waals surface area contributed by atoms with Crippen LogP contribution in [0.2, 0.25) is 0 Å². The molecule has 174 valence electrons. The number of hydrogen-bond acceptors (Lipinski definition) is 3. The van der Waals surface area contributed by atoms with Crippen LogP contribution in [0.15, 0.2) is 109 Å². The van der Waals surface area contributed by atoms with Crippen molar-refractivity contribution in [3.05, 3.63) is 115 Å². The SMILES string of the molecule is Cc1ccc(-c2nc(-n3c4ccccc4c4cc5sc6ccccc6c5cc43)nc3ccccc23)cc1. The van der Waals surface area contributed by atoms with Crippen molar-refractivity contribution >= 4 is 64.2 Å². The van der Waals surface area contributed by atoms with Crippen LogP contribution in [0.1, 0.15) is 5.56 Å². The third-order valence-electron chi connectivity index (χ3n) is 7.29. The number of aryl methyl sites for hydroxylation is 1. The van der Waals surface area contributed by atoms with Crippen molar-refractivity contribution in [1.82, 2.24) is 14.5 Å². The molecule has 0 amide bonds. The molecule has 8 aromatic rings. The summed E-state index contributed by atoms with van der Waals surface area (Å²) in [5, 5.41) is 6.06. The highest BCUT2D eigenvalue weighted by Crippen LogP contribution is 2.40. The van der Waals surface area contributed by atoms with Crippen LogP contribution in [0.5, 0.6) is 0 Å². The van der Waals surface area contributed by atoms with Gasteiger partial charge in [-0.15, -0.1) is 11.3 Å². The van der Waals surface area contributed by atoms with Crippen molar-refractivity contribution in [2.24, 2.45) is 0 Å². The second-order valence-electron chi connectivity index (χ2n) is 9.57. The Kier molecular flexibility index (Phi) is 4.31. The van der Waals surface area contributed by atoms with Gasteiger partial charge in [0.25, 0.3) is 0 Å². The van der Waals surface area contributed by atoms with E-state index in [2.05, 4.69) is 115 Å². The van der Waals surface area contributed by atoms with Gasteiger partial charge in [0.05, 0.1) is 22.2 Å². The third kappa shape index (κ3) is 3.06. The number of rotatable bonds is 2. The topological polar surface area (TPSA) is 30.7 Å². The van der Waals surface area contributed by atoms with E-state index in [0.717, 1.165) is 33.2 Å². The van der Waals surface area contributed by atoms with Gasteiger partial charge in [-0.3, -0.25) is 4.57 Å².